The van der Waals surface area contributed by atoms with Gasteiger partial charge in [0.1, 0.15) is 0 Å². The molecule has 0 aliphatic heterocycles. The summed E-state index contributed by atoms with van der Waals surface area (Å²) in [6.45, 7) is 0.629. The summed E-state index contributed by atoms with van der Waals surface area (Å²) < 4.78 is 0.953. The molecular weight excluding hydrogens is 342 g/mol. The van der Waals surface area contributed by atoms with Gasteiger partial charge in [-0.05, 0) is 48.8 Å². The van der Waals surface area contributed by atoms with Crippen molar-refractivity contribution >= 4 is 33.5 Å². The van der Waals surface area contributed by atoms with Crippen LogP contribution in [-0.4, -0.2) is 17.1 Å². The van der Waals surface area contributed by atoms with Gasteiger partial charge in [-0.2, -0.15) is 0 Å². The van der Waals surface area contributed by atoms with Crippen LogP contribution in [0, 0.1) is 17.8 Å². The maximum absolute atomic E-state index is 11.5. The molecule has 4 unspecified atom stereocenters. The average Bonchev–Trinajstić information content (AvgIpc) is 2.97. The number of carboxylic acid groups (broad SMARTS) is 1. The highest BCUT2D eigenvalue weighted by molar-refractivity contribution is 9.10. The Morgan fingerprint density at radius 1 is 1.40 bits per heavy atom. The van der Waals surface area contributed by atoms with Gasteiger partial charge in [-0.1, -0.05) is 33.6 Å². The van der Waals surface area contributed by atoms with E-state index in [2.05, 4.69) is 21.2 Å². The summed E-state index contributed by atoms with van der Waals surface area (Å²) >= 11 is 9.59. The van der Waals surface area contributed by atoms with Crippen LogP contribution in [0.3, 0.4) is 0 Å². The zero-order valence-corrected chi connectivity index (χ0v) is 13.3. The van der Waals surface area contributed by atoms with Gasteiger partial charge in [-0.25, -0.2) is 0 Å². The molecule has 5 heteroatoms. The highest BCUT2D eigenvalue weighted by atomic mass is 79.9. The second-order valence-electron chi connectivity index (χ2n) is 5.84. The molecule has 3 nitrogen and oxygen atoms in total. The van der Waals surface area contributed by atoms with Crippen LogP contribution in [0.25, 0.3) is 0 Å². The topological polar surface area (TPSA) is 49.3 Å². The number of benzene rings is 1. The van der Waals surface area contributed by atoms with E-state index in [9.17, 15) is 9.90 Å². The molecule has 0 heterocycles. The van der Waals surface area contributed by atoms with E-state index in [-0.39, 0.29) is 12.0 Å². The molecule has 108 valence electrons. The summed E-state index contributed by atoms with van der Waals surface area (Å²) in [4.78, 5) is 11.5. The van der Waals surface area contributed by atoms with Gasteiger partial charge in [-0.15, -0.1) is 0 Å². The largest absolute Gasteiger partial charge is 0.481 e. The molecular formula is C15H17BrClNO2. The van der Waals surface area contributed by atoms with Gasteiger partial charge in [0.05, 0.1) is 5.92 Å². The van der Waals surface area contributed by atoms with Gasteiger partial charge < -0.3 is 10.4 Å². The molecule has 1 aromatic rings. The first kappa shape index (κ1) is 14.4. The van der Waals surface area contributed by atoms with Crippen molar-refractivity contribution in [3.63, 3.8) is 0 Å². The molecule has 0 aromatic heterocycles. The third-order valence-corrected chi connectivity index (χ3v) is 5.59. The Morgan fingerprint density at radius 3 is 2.85 bits per heavy atom. The molecule has 0 amide bonds. The smallest absolute Gasteiger partial charge is 0.308 e. The molecule has 2 bridgehead atoms. The monoisotopic (exact) mass is 357 g/mol. The molecule has 0 saturated heterocycles. The molecule has 3 rings (SSSR count). The van der Waals surface area contributed by atoms with Crippen LogP contribution in [0.1, 0.15) is 24.8 Å². The van der Waals surface area contributed by atoms with Gasteiger partial charge in [0.2, 0.25) is 0 Å². The molecule has 2 saturated carbocycles. The first-order valence-electron chi connectivity index (χ1n) is 6.96. The maximum Gasteiger partial charge on any atom is 0.308 e. The molecule has 1 aromatic carbocycles. The van der Waals surface area contributed by atoms with Crippen LogP contribution in [0.5, 0.6) is 0 Å². The molecule has 0 radical (unpaired) electrons. The number of nitrogens with one attached hydrogen (secondary N) is 1. The van der Waals surface area contributed by atoms with Gasteiger partial charge in [0.15, 0.2) is 0 Å². The van der Waals surface area contributed by atoms with Crippen LogP contribution in [0.15, 0.2) is 22.7 Å². The van der Waals surface area contributed by atoms with E-state index in [0.717, 1.165) is 29.3 Å². The normalized spacial score (nSPS) is 31.7. The fourth-order valence-corrected chi connectivity index (χ4v) is 4.57. The third kappa shape index (κ3) is 2.61. The third-order valence-electron chi connectivity index (χ3n) is 4.74. The number of hydrogen-bond donors (Lipinski definition) is 2. The molecule has 2 aliphatic rings. The van der Waals surface area contributed by atoms with Crippen molar-refractivity contribution in [3.8, 4) is 0 Å². The number of carbonyl (C=O) groups is 1. The summed E-state index contributed by atoms with van der Waals surface area (Å²) in [7, 11) is 0. The van der Waals surface area contributed by atoms with Crippen molar-refractivity contribution < 1.29 is 9.90 Å². The van der Waals surface area contributed by atoms with Crippen LogP contribution in [0.4, 0.5) is 0 Å². The lowest BCUT2D eigenvalue weighted by atomic mass is 9.84. The summed E-state index contributed by atoms with van der Waals surface area (Å²) in [6.07, 6.45) is 3.28. The minimum absolute atomic E-state index is 0.0889. The van der Waals surface area contributed by atoms with E-state index in [0.29, 0.717) is 23.4 Å². The molecule has 2 N–H and O–H groups in total. The SMILES string of the molecule is O=C(O)C1C2CCC(C2)C1NCc1ccc(Br)cc1Cl. The average molecular weight is 359 g/mol. The number of fused-ring (bicyclic) bond motifs is 2. The predicted molar refractivity (Wildman–Crippen MR) is 81.7 cm³/mol. The van der Waals surface area contributed by atoms with Crippen LogP contribution in [-0.2, 0) is 11.3 Å². The van der Waals surface area contributed by atoms with Crippen molar-refractivity contribution in [2.24, 2.45) is 17.8 Å². The molecule has 2 aliphatic carbocycles. The lowest BCUT2D eigenvalue weighted by Crippen LogP contribution is -2.43. The van der Waals surface area contributed by atoms with E-state index >= 15 is 0 Å². The molecule has 4 atom stereocenters. The van der Waals surface area contributed by atoms with Crippen molar-refractivity contribution in [1.82, 2.24) is 5.32 Å². The second-order valence-corrected chi connectivity index (χ2v) is 7.16. The van der Waals surface area contributed by atoms with E-state index in [1.54, 1.807) is 0 Å². The van der Waals surface area contributed by atoms with E-state index in [4.69, 9.17) is 11.6 Å². The Morgan fingerprint density at radius 2 is 2.15 bits per heavy atom. The van der Waals surface area contributed by atoms with Gasteiger partial charge in [0.25, 0.3) is 0 Å². The lowest BCUT2D eigenvalue weighted by molar-refractivity contribution is -0.144. The Kier molecular flexibility index (Phi) is 4.07. The number of hydrogen-bond acceptors (Lipinski definition) is 2. The van der Waals surface area contributed by atoms with Crippen molar-refractivity contribution in [2.75, 3.05) is 0 Å². The number of rotatable bonds is 4. The fraction of sp³-hybridized carbons (Fsp3) is 0.533. The zero-order valence-electron chi connectivity index (χ0n) is 11.0. The molecule has 20 heavy (non-hydrogen) atoms. The van der Waals surface area contributed by atoms with Crippen LogP contribution >= 0.6 is 27.5 Å². The van der Waals surface area contributed by atoms with Crippen molar-refractivity contribution in [1.29, 1.82) is 0 Å². The zero-order chi connectivity index (χ0) is 14.3. The van der Waals surface area contributed by atoms with Crippen LogP contribution < -0.4 is 5.32 Å². The van der Waals surface area contributed by atoms with E-state index < -0.39 is 5.97 Å². The van der Waals surface area contributed by atoms with E-state index in [1.165, 1.54) is 0 Å². The summed E-state index contributed by atoms with van der Waals surface area (Å²) in [5.41, 5.74) is 1.02. The van der Waals surface area contributed by atoms with Crippen LogP contribution in [0.2, 0.25) is 5.02 Å². The number of halogens is 2. The maximum atomic E-state index is 11.5. The number of carboxylic acids is 1. The Balaban J connectivity index is 1.70. The van der Waals surface area contributed by atoms with Gasteiger partial charge in [0, 0.05) is 22.1 Å². The molecule has 0 spiro atoms. The molecule has 2 fully saturated rings. The minimum atomic E-state index is -0.656. The highest BCUT2D eigenvalue weighted by Gasteiger charge is 2.50. The summed E-state index contributed by atoms with van der Waals surface area (Å²) in [5, 5.41) is 13.6. The summed E-state index contributed by atoms with van der Waals surface area (Å²) in [5.74, 6) is -0.0229. The first-order valence-corrected chi connectivity index (χ1v) is 8.13. The minimum Gasteiger partial charge on any atom is -0.481 e. The van der Waals surface area contributed by atoms with Gasteiger partial charge in [-0.3, -0.25) is 4.79 Å². The van der Waals surface area contributed by atoms with Gasteiger partial charge >= 0.3 is 5.97 Å². The Bertz CT molecular complexity index is 537. The summed E-state index contributed by atoms with van der Waals surface area (Å²) in [6, 6.07) is 5.89. The van der Waals surface area contributed by atoms with E-state index in [1.807, 2.05) is 18.2 Å². The Labute approximate surface area is 131 Å². The number of aliphatic carboxylic acids is 1. The highest BCUT2D eigenvalue weighted by Crippen LogP contribution is 2.48. The van der Waals surface area contributed by atoms with Crippen molar-refractivity contribution in [2.45, 2.75) is 31.8 Å². The first-order chi connectivity index (χ1) is 9.56. The van der Waals surface area contributed by atoms with Crippen molar-refractivity contribution in [3.05, 3.63) is 33.3 Å². The fourth-order valence-electron chi connectivity index (χ4n) is 3.83. The quantitative estimate of drug-likeness (QED) is 0.863. The second kappa shape index (κ2) is 5.66. The Hall–Kier alpha value is -0.580. The standard InChI is InChI=1S/C15H17BrClNO2/c16-11-4-3-10(12(17)6-11)7-18-14-9-2-1-8(5-9)13(14)15(19)20/h3-4,6,8-9,13-14,18H,1-2,5,7H2,(H,19,20). The lowest BCUT2D eigenvalue weighted by Gasteiger charge is -2.29. The predicted octanol–water partition coefficient (Wildman–Crippen LogP) is 3.69.